The van der Waals surface area contributed by atoms with Gasteiger partial charge in [0, 0.05) is 25.5 Å². The molecule has 1 aromatic rings. The molecule has 16 heavy (non-hydrogen) atoms. The summed E-state index contributed by atoms with van der Waals surface area (Å²) in [6, 6.07) is 0. The molecule has 0 radical (unpaired) electrons. The Morgan fingerprint density at radius 3 is 2.50 bits per heavy atom. The average molecular weight is 221 g/mol. The Labute approximate surface area is 98.9 Å². The minimum absolute atomic E-state index is 0.748. The Morgan fingerprint density at radius 1 is 1.25 bits per heavy atom. The minimum Gasteiger partial charge on any atom is -0.297 e. The molecule has 0 saturated carbocycles. The third-order valence-corrected chi connectivity index (χ3v) is 2.93. The number of rotatable bonds is 6. The van der Waals surface area contributed by atoms with E-state index >= 15 is 0 Å². The monoisotopic (exact) mass is 221 g/mol. The molecule has 0 spiro atoms. The van der Waals surface area contributed by atoms with E-state index in [1.165, 1.54) is 6.42 Å². The van der Waals surface area contributed by atoms with Crippen molar-refractivity contribution in [1.82, 2.24) is 14.9 Å². The highest BCUT2D eigenvalue weighted by molar-refractivity contribution is 5.00. The average Bonchev–Trinajstić information content (AvgIpc) is 2.30. The Kier molecular flexibility index (Phi) is 5.39. The summed E-state index contributed by atoms with van der Waals surface area (Å²) in [5, 5.41) is 0. The molecule has 0 bridgehead atoms. The molecule has 0 aliphatic heterocycles. The van der Waals surface area contributed by atoms with E-state index in [2.05, 4.69) is 35.6 Å². The van der Waals surface area contributed by atoms with Crippen molar-refractivity contribution < 1.29 is 0 Å². The summed E-state index contributed by atoms with van der Waals surface area (Å²) in [7, 11) is 0. The maximum absolute atomic E-state index is 4.39. The van der Waals surface area contributed by atoms with Gasteiger partial charge in [-0.3, -0.25) is 14.9 Å². The molecule has 0 aromatic carbocycles. The molecule has 0 aliphatic rings. The number of aryl methyl sites for hydroxylation is 1. The van der Waals surface area contributed by atoms with Crippen LogP contribution in [0.15, 0.2) is 12.4 Å². The van der Waals surface area contributed by atoms with Crippen LogP contribution in [-0.2, 0) is 6.54 Å². The van der Waals surface area contributed by atoms with Crippen molar-refractivity contribution in [2.45, 2.75) is 40.7 Å². The van der Waals surface area contributed by atoms with E-state index in [9.17, 15) is 0 Å². The molecule has 0 unspecified atom stereocenters. The molecular weight excluding hydrogens is 198 g/mol. The van der Waals surface area contributed by atoms with E-state index in [1.54, 1.807) is 0 Å². The van der Waals surface area contributed by atoms with E-state index < -0.39 is 0 Å². The highest BCUT2D eigenvalue weighted by Gasteiger charge is 2.08. The van der Waals surface area contributed by atoms with E-state index in [0.29, 0.717) is 0 Å². The van der Waals surface area contributed by atoms with Crippen molar-refractivity contribution in [3.05, 3.63) is 23.8 Å². The summed E-state index contributed by atoms with van der Waals surface area (Å²) in [4.78, 5) is 11.1. The summed E-state index contributed by atoms with van der Waals surface area (Å²) in [5.41, 5.74) is 2.05. The van der Waals surface area contributed by atoms with Gasteiger partial charge in [0.1, 0.15) is 0 Å². The summed E-state index contributed by atoms with van der Waals surface area (Å²) < 4.78 is 0. The highest BCUT2D eigenvalue weighted by Crippen LogP contribution is 2.07. The highest BCUT2D eigenvalue weighted by atomic mass is 15.1. The summed E-state index contributed by atoms with van der Waals surface area (Å²) >= 11 is 0. The van der Waals surface area contributed by atoms with E-state index in [4.69, 9.17) is 0 Å². The van der Waals surface area contributed by atoms with Gasteiger partial charge in [-0.2, -0.15) is 0 Å². The van der Waals surface area contributed by atoms with Gasteiger partial charge in [-0.25, -0.2) is 0 Å². The van der Waals surface area contributed by atoms with Crippen LogP contribution in [-0.4, -0.2) is 28.0 Å². The van der Waals surface area contributed by atoms with Crippen molar-refractivity contribution in [3.8, 4) is 0 Å². The predicted molar refractivity (Wildman–Crippen MR) is 67.2 cm³/mol. The quantitative estimate of drug-likeness (QED) is 0.739. The normalized spacial score (nSPS) is 13.1. The molecule has 0 N–H and O–H groups in total. The molecule has 3 nitrogen and oxygen atoms in total. The standard InChI is InChI=1S/C13H23N3/c1-5-11(3)9-16(6-2)10-13-8-14-12(4)7-15-13/h7-8,11H,5-6,9-10H2,1-4H3/t11-/m1/s1. The van der Waals surface area contributed by atoms with Gasteiger partial charge < -0.3 is 0 Å². The molecule has 0 fully saturated rings. The zero-order chi connectivity index (χ0) is 12.0. The fraction of sp³-hybridized carbons (Fsp3) is 0.692. The van der Waals surface area contributed by atoms with Crippen LogP contribution in [0.1, 0.15) is 38.6 Å². The lowest BCUT2D eigenvalue weighted by Crippen LogP contribution is -2.28. The lowest BCUT2D eigenvalue weighted by Gasteiger charge is -2.23. The van der Waals surface area contributed by atoms with Crippen LogP contribution in [0, 0.1) is 12.8 Å². The first kappa shape index (κ1) is 13.1. The van der Waals surface area contributed by atoms with Crippen molar-refractivity contribution in [1.29, 1.82) is 0 Å². The first-order chi connectivity index (χ1) is 7.65. The maximum Gasteiger partial charge on any atom is 0.0727 e. The molecule has 1 heterocycles. The molecule has 0 saturated heterocycles. The largest absolute Gasteiger partial charge is 0.297 e. The van der Waals surface area contributed by atoms with Gasteiger partial charge in [0.25, 0.3) is 0 Å². The van der Waals surface area contributed by atoms with Gasteiger partial charge in [-0.05, 0) is 19.4 Å². The van der Waals surface area contributed by atoms with Crippen LogP contribution in [0.4, 0.5) is 0 Å². The first-order valence-electron chi connectivity index (χ1n) is 6.15. The Morgan fingerprint density at radius 2 is 2.00 bits per heavy atom. The van der Waals surface area contributed by atoms with Crippen molar-refractivity contribution in [2.75, 3.05) is 13.1 Å². The van der Waals surface area contributed by atoms with Gasteiger partial charge in [-0.15, -0.1) is 0 Å². The molecule has 1 aromatic heterocycles. The number of aromatic nitrogens is 2. The van der Waals surface area contributed by atoms with Crippen LogP contribution in [0.2, 0.25) is 0 Å². The summed E-state index contributed by atoms with van der Waals surface area (Å²) in [6.07, 6.45) is 4.96. The molecule has 1 rings (SSSR count). The molecule has 0 amide bonds. The topological polar surface area (TPSA) is 29.0 Å². The second-order valence-electron chi connectivity index (χ2n) is 4.49. The van der Waals surface area contributed by atoms with Crippen molar-refractivity contribution in [2.24, 2.45) is 5.92 Å². The second kappa shape index (κ2) is 6.59. The maximum atomic E-state index is 4.39. The van der Waals surface area contributed by atoms with Gasteiger partial charge in [0.2, 0.25) is 0 Å². The molecular formula is C13H23N3. The van der Waals surface area contributed by atoms with Crippen molar-refractivity contribution >= 4 is 0 Å². The third kappa shape index (κ3) is 4.27. The van der Waals surface area contributed by atoms with Gasteiger partial charge in [0.05, 0.1) is 11.4 Å². The van der Waals surface area contributed by atoms with Gasteiger partial charge >= 0.3 is 0 Å². The van der Waals surface area contributed by atoms with E-state index in [1.807, 2.05) is 19.3 Å². The SMILES string of the molecule is CC[C@@H](C)CN(CC)Cc1cnc(C)cn1. The minimum atomic E-state index is 0.748. The Balaban J connectivity index is 2.52. The van der Waals surface area contributed by atoms with Gasteiger partial charge in [0.15, 0.2) is 0 Å². The fourth-order valence-electron chi connectivity index (χ4n) is 1.61. The Hall–Kier alpha value is -0.960. The zero-order valence-electron chi connectivity index (χ0n) is 10.9. The first-order valence-corrected chi connectivity index (χ1v) is 6.15. The molecule has 3 heteroatoms. The van der Waals surface area contributed by atoms with E-state index in [-0.39, 0.29) is 0 Å². The summed E-state index contributed by atoms with van der Waals surface area (Å²) in [6.45, 7) is 11.8. The third-order valence-electron chi connectivity index (χ3n) is 2.93. The van der Waals surface area contributed by atoms with E-state index in [0.717, 1.165) is 36.9 Å². The van der Waals surface area contributed by atoms with Crippen LogP contribution in [0.5, 0.6) is 0 Å². The van der Waals surface area contributed by atoms with Crippen LogP contribution in [0.25, 0.3) is 0 Å². The lowest BCUT2D eigenvalue weighted by molar-refractivity contribution is 0.235. The fourth-order valence-corrected chi connectivity index (χ4v) is 1.61. The molecule has 1 atom stereocenters. The second-order valence-corrected chi connectivity index (χ2v) is 4.49. The Bertz CT molecular complexity index is 295. The van der Waals surface area contributed by atoms with Crippen molar-refractivity contribution in [3.63, 3.8) is 0 Å². The lowest BCUT2D eigenvalue weighted by atomic mass is 10.1. The number of nitrogens with zero attached hydrogens (tertiary/aromatic N) is 3. The predicted octanol–water partition coefficient (Wildman–Crippen LogP) is 2.65. The smallest absolute Gasteiger partial charge is 0.0727 e. The van der Waals surface area contributed by atoms with Crippen LogP contribution in [0.3, 0.4) is 0 Å². The van der Waals surface area contributed by atoms with Crippen LogP contribution < -0.4 is 0 Å². The number of hydrogen-bond donors (Lipinski definition) is 0. The van der Waals surface area contributed by atoms with Crippen LogP contribution >= 0.6 is 0 Å². The van der Waals surface area contributed by atoms with Gasteiger partial charge in [-0.1, -0.05) is 27.2 Å². The molecule has 0 aliphatic carbocycles. The summed E-state index contributed by atoms with van der Waals surface area (Å²) in [5.74, 6) is 0.748. The molecule has 90 valence electrons. The zero-order valence-corrected chi connectivity index (χ0v) is 10.9. The number of hydrogen-bond acceptors (Lipinski definition) is 3.